The van der Waals surface area contributed by atoms with Crippen LogP contribution in [0.25, 0.3) is 11.2 Å². The van der Waals surface area contributed by atoms with E-state index in [0.29, 0.717) is 29.3 Å². The predicted octanol–water partition coefficient (Wildman–Crippen LogP) is -0.0699. The lowest BCUT2D eigenvalue weighted by Crippen LogP contribution is -2.29. The Labute approximate surface area is 114 Å². The minimum Gasteiger partial charge on any atom is -0.390 e. The van der Waals surface area contributed by atoms with Gasteiger partial charge in [-0.25, -0.2) is 15.0 Å². The first-order valence-electron chi connectivity index (χ1n) is 5.98. The van der Waals surface area contributed by atoms with Crippen molar-refractivity contribution >= 4 is 28.6 Å². The summed E-state index contributed by atoms with van der Waals surface area (Å²) in [5.41, 5.74) is 6.78. The molecular weight excluding hydrogens is 270 g/mol. The number of rotatable bonds is 2. The maximum atomic E-state index is 10.1. The van der Waals surface area contributed by atoms with Crippen LogP contribution in [0.4, 0.5) is 5.82 Å². The molecule has 3 rings (SSSR count). The monoisotopic (exact) mass is 283 g/mol. The van der Waals surface area contributed by atoms with Gasteiger partial charge in [0, 0.05) is 11.8 Å². The molecule has 0 spiro atoms. The van der Waals surface area contributed by atoms with Crippen LogP contribution in [0.5, 0.6) is 0 Å². The average Bonchev–Trinajstić information content (AvgIpc) is 2.94. The van der Waals surface area contributed by atoms with Crippen molar-refractivity contribution in [3.8, 4) is 0 Å². The number of hydrogen-bond donors (Lipinski definition) is 3. The number of alkyl halides is 1. The summed E-state index contributed by atoms with van der Waals surface area (Å²) in [6.45, 7) is 0. The minimum atomic E-state index is -0.891. The molecular formula is C11H14ClN5O2. The van der Waals surface area contributed by atoms with E-state index in [2.05, 4.69) is 15.0 Å². The van der Waals surface area contributed by atoms with E-state index in [0.717, 1.165) is 0 Å². The van der Waals surface area contributed by atoms with Crippen LogP contribution in [0.3, 0.4) is 0 Å². The van der Waals surface area contributed by atoms with Crippen molar-refractivity contribution in [1.29, 1.82) is 0 Å². The summed E-state index contributed by atoms with van der Waals surface area (Å²) in [4.78, 5) is 12.2. The number of nitrogens with two attached hydrogens (primary N) is 1. The molecule has 0 bridgehead atoms. The zero-order chi connectivity index (χ0) is 13.6. The van der Waals surface area contributed by atoms with Crippen LogP contribution in [0.1, 0.15) is 12.5 Å². The normalized spacial score (nSPS) is 31.1. The Morgan fingerprint density at radius 3 is 2.79 bits per heavy atom. The Morgan fingerprint density at radius 1 is 1.32 bits per heavy atom. The molecule has 8 heteroatoms. The lowest BCUT2D eigenvalue weighted by Gasteiger charge is -2.18. The fourth-order valence-electron chi connectivity index (χ4n) is 2.64. The first-order valence-corrected chi connectivity index (χ1v) is 6.52. The quantitative estimate of drug-likeness (QED) is 0.666. The number of aliphatic hydroxyl groups excluding tert-OH is 2. The summed E-state index contributed by atoms with van der Waals surface area (Å²) in [6, 6.07) is -0.307. The van der Waals surface area contributed by atoms with Crippen molar-refractivity contribution < 1.29 is 10.2 Å². The van der Waals surface area contributed by atoms with Gasteiger partial charge in [0.15, 0.2) is 11.5 Å². The Kier molecular flexibility index (Phi) is 3.04. The van der Waals surface area contributed by atoms with Gasteiger partial charge in [0.05, 0.1) is 18.5 Å². The Morgan fingerprint density at radius 2 is 2.11 bits per heavy atom. The number of hydrogen-bond acceptors (Lipinski definition) is 6. The summed E-state index contributed by atoms with van der Waals surface area (Å²) < 4.78 is 1.73. The molecule has 19 heavy (non-hydrogen) atoms. The number of nitrogens with zero attached hydrogens (tertiary/aromatic N) is 4. The van der Waals surface area contributed by atoms with E-state index < -0.39 is 12.2 Å². The summed E-state index contributed by atoms with van der Waals surface area (Å²) in [7, 11) is 0. The van der Waals surface area contributed by atoms with Crippen LogP contribution in [-0.4, -0.2) is 47.8 Å². The van der Waals surface area contributed by atoms with Gasteiger partial charge in [0.25, 0.3) is 0 Å². The summed E-state index contributed by atoms with van der Waals surface area (Å²) in [6.07, 6.45) is 1.76. The topological polar surface area (TPSA) is 110 Å². The highest BCUT2D eigenvalue weighted by Crippen LogP contribution is 2.37. The van der Waals surface area contributed by atoms with Gasteiger partial charge in [-0.2, -0.15) is 0 Å². The molecule has 0 radical (unpaired) electrons. The zero-order valence-electron chi connectivity index (χ0n) is 10.0. The summed E-state index contributed by atoms with van der Waals surface area (Å²) in [5, 5.41) is 20.1. The highest BCUT2D eigenvalue weighted by molar-refractivity contribution is 6.18. The van der Waals surface area contributed by atoms with Crippen LogP contribution in [0.2, 0.25) is 0 Å². The molecule has 4 N–H and O–H groups in total. The molecule has 1 aliphatic carbocycles. The number of fused-ring (bicyclic) bond motifs is 1. The van der Waals surface area contributed by atoms with Crippen molar-refractivity contribution in [3.05, 3.63) is 12.7 Å². The third-order valence-corrected chi connectivity index (χ3v) is 4.11. The molecule has 2 heterocycles. The average molecular weight is 284 g/mol. The van der Waals surface area contributed by atoms with E-state index >= 15 is 0 Å². The van der Waals surface area contributed by atoms with E-state index in [1.54, 1.807) is 10.9 Å². The molecule has 0 unspecified atom stereocenters. The van der Waals surface area contributed by atoms with Crippen LogP contribution in [0.15, 0.2) is 12.7 Å². The predicted molar refractivity (Wildman–Crippen MR) is 69.6 cm³/mol. The molecule has 2 aromatic rings. The maximum Gasteiger partial charge on any atom is 0.165 e. The third kappa shape index (κ3) is 1.85. The molecule has 7 nitrogen and oxygen atoms in total. The smallest absolute Gasteiger partial charge is 0.165 e. The Balaban J connectivity index is 2.04. The molecule has 102 valence electrons. The molecule has 0 amide bonds. The van der Waals surface area contributed by atoms with Crippen LogP contribution in [0, 0.1) is 5.92 Å². The number of aliphatic hydroxyl groups is 2. The van der Waals surface area contributed by atoms with Crippen molar-refractivity contribution in [1.82, 2.24) is 19.5 Å². The van der Waals surface area contributed by atoms with Gasteiger partial charge in [-0.1, -0.05) is 0 Å². The first-order chi connectivity index (χ1) is 9.13. The van der Waals surface area contributed by atoms with E-state index in [1.807, 2.05) is 0 Å². The summed E-state index contributed by atoms with van der Waals surface area (Å²) in [5.74, 6) is 0.461. The van der Waals surface area contributed by atoms with Crippen molar-refractivity contribution in [2.75, 3.05) is 11.6 Å². The molecule has 1 fully saturated rings. The number of nitrogen functional groups attached to an aromatic ring is 1. The van der Waals surface area contributed by atoms with Crippen molar-refractivity contribution in [3.63, 3.8) is 0 Å². The van der Waals surface area contributed by atoms with Gasteiger partial charge < -0.3 is 20.5 Å². The van der Waals surface area contributed by atoms with Gasteiger partial charge >= 0.3 is 0 Å². The van der Waals surface area contributed by atoms with Gasteiger partial charge in [0.1, 0.15) is 17.9 Å². The highest BCUT2D eigenvalue weighted by atomic mass is 35.5. The number of anilines is 1. The fraction of sp³-hybridized carbons (Fsp3) is 0.545. The van der Waals surface area contributed by atoms with E-state index in [-0.39, 0.29) is 12.0 Å². The van der Waals surface area contributed by atoms with Gasteiger partial charge in [0.2, 0.25) is 0 Å². The number of imidazole rings is 1. The van der Waals surface area contributed by atoms with Crippen LogP contribution >= 0.6 is 11.6 Å². The Bertz CT molecular complexity index is 604. The molecule has 2 aromatic heterocycles. The standard InChI is InChI=1S/C11H14ClN5O2/c12-2-5-1-6(9(19)8(5)18)17-4-16-7-10(13)14-3-15-11(7)17/h3-6,8-9,18-19H,1-2H2,(H2,13,14,15)/t5-,6-,8-,9+/m1/s1. The van der Waals surface area contributed by atoms with Gasteiger partial charge in [-0.3, -0.25) is 0 Å². The van der Waals surface area contributed by atoms with Crippen LogP contribution in [-0.2, 0) is 0 Å². The lowest BCUT2D eigenvalue weighted by atomic mass is 10.1. The second kappa shape index (κ2) is 4.59. The highest BCUT2D eigenvalue weighted by Gasteiger charge is 2.42. The third-order valence-electron chi connectivity index (χ3n) is 3.71. The molecule has 1 saturated carbocycles. The molecule has 0 aromatic carbocycles. The van der Waals surface area contributed by atoms with Crippen LogP contribution < -0.4 is 5.73 Å². The first kappa shape index (κ1) is 12.6. The van der Waals surface area contributed by atoms with E-state index in [1.165, 1.54) is 6.33 Å². The fourth-order valence-corrected chi connectivity index (χ4v) is 2.95. The molecule has 1 aliphatic rings. The SMILES string of the molecule is Nc1ncnc2c1ncn2[C@@H]1C[C@H](CCl)[C@@H](O)[C@H]1O. The second-order valence-corrected chi connectivity index (χ2v) is 5.09. The molecule has 4 atom stereocenters. The largest absolute Gasteiger partial charge is 0.390 e. The van der Waals surface area contributed by atoms with Crippen molar-refractivity contribution in [2.24, 2.45) is 5.92 Å². The van der Waals surface area contributed by atoms with E-state index in [4.69, 9.17) is 17.3 Å². The number of aromatic nitrogens is 4. The lowest BCUT2D eigenvalue weighted by molar-refractivity contribution is 0.0102. The number of halogens is 1. The zero-order valence-corrected chi connectivity index (χ0v) is 10.8. The van der Waals surface area contributed by atoms with Crippen molar-refractivity contribution in [2.45, 2.75) is 24.7 Å². The Hall–Kier alpha value is -1.44. The molecule has 0 saturated heterocycles. The molecule has 0 aliphatic heterocycles. The van der Waals surface area contributed by atoms with Gasteiger partial charge in [-0.05, 0) is 6.42 Å². The maximum absolute atomic E-state index is 10.1. The minimum absolute atomic E-state index is 0.140. The van der Waals surface area contributed by atoms with E-state index in [9.17, 15) is 10.2 Å². The second-order valence-electron chi connectivity index (χ2n) is 4.78. The van der Waals surface area contributed by atoms with Gasteiger partial charge in [-0.15, -0.1) is 11.6 Å². The summed E-state index contributed by atoms with van der Waals surface area (Å²) >= 11 is 5.80.